The fourth-order valence-corrected chi connectivity index (χ4v) is 5.01. The summed E-state index contributed by atoms with van der Waals surface area (Å²) in [5.41, 5.74) is 8.69. The molecule has 1 atom stereocenters. The van der Waals surface area contributed by atoms with Gasteiger partial charge in [0, 0.05) is 29.2 Å². The highest BCUT2D eigenvalue weighted by molar-refractivity contribution is 6.02. The summed E-state index contributed by atoms with van der Waals surface area (Å²) in [6.07, 6.45) is 2.43. The van der Waals surface area contributed by atoms with Crippen LogP contribution in [0.15, 0.2) is 59.8 Å². The van der Waals surface area contributed by atoms with E-state index in [1.54, 1.807) is 0 Å². The number of hydrogen-bond donors (Lipinski definition) is 2. The first-order valence-corrected chi connectivity index (χ1v) is 11.1. The normalized spacial score (nSPS) is 19.6. The van der Waals surface area contributed by atoms with Gasteiger partial charge in [-0.1, -0.05) is 74.9 Å². The van der Waals surface area contributed by atoms with E-state index in [4.69, 9.17) is 0 Å². The van der Waals surface area contributed by atoms with Gasteiger partial charge in [-0.15, -0.1) is 0 Å². The molecule has 2 N–H and O–H groups in total. The molecule has 1 aliphatic heterocycles. The number of aromatic nitrogens is 2. The quantitative estimate of drug-likeness (QED) is 0.543. The molecule has 1 aromatic heterocycles. The van der Waals surface area contributed by atoms with Crippen molar-refractivity contribution in [2.24, 2.45) is 5.41 Å². The number of H-pyrrole nitrogens is 1. The van der Waals surface area contributed by atoms with Gasteiger partial charge in [0.1, 0.15) is 0 Å². The Kier molecular flexibility index (Phi) is 4.62. The Balaban J connectivity index is 1.70. The van der Waals surface area contributed by atoms with Gasteiger partial charge in [-0.25, -0.2) is 0 Å². The lowest BCUT2D eigenvalue weighted by atomic mass is 9.69. The Morgan fingerprint density at radius 1 is 1.03 bits per heavy atom. The maximum Gasteiger partial charge on any atom is 0.162 e. The van der Waals surface area contributed by atoms with Crippen LogP contribution in [0, 0.1) is 12.3 Å². The van der Waals surface area contributed by atoms with Gasteiger partial charge in [0.15, 0.2) is 11.6 Å². The number of anilines is 1. The second kappa shape index (κ2) is 7.23. The van der Waals surface area contributed by atoms with Crippen molar-refractivity contribution in [1.29, 1.82) is 0 Å². The van der Waals surface area contributed by atoms with Crippen LogP contribution in [0.2, 0.25) is 0 Å². The molecule has 0 bridgehead atoms. The van der Waals surface area contributed by atoms with E-state index in [2.05, 4.69) is 91.7 Å². The zero-order valence-electron chi connectivity index (χ0n) is 18.7. The van der Waals surface area contributed by atoms with Crippen LogP contribution < -0.4 is 5.32 Å². The third-order valence-electron chi connectivity index (χ3n) is 6.63. The molecule has 0 saturated carbocycles. The zero-order valence-corrected chi connectivity index (χ0v) is 18.7. The summed E-state index contributed by atoms with van der Waals surface area (Å²) in [6, 6.07) is 17.2. The van der Waals surface area contributed by atoms with Crippen LogP contribution in [-0.4, -0.2) is 16.0 Å². The summed E-state index contributed by atoms with van der Waals surface area (Å²) in [6.45, 7) is 8.58. The van der Waals surface area contributed by atoms with Crippen molar-refractivity contribution < 1.29 is 4.79 Å². The number of ketones is 1. The number of nitrogens with zero attached hydrogens (tertiary/aromatic N) is 1. The number of aryl methyl sites for hydroxylation is 2. The third kappa shape index (κ3) is 3.40. The number of nitrogens with one attached hydrogen (secondary N) is 2. The lowest BCUT2D eigenvalue weighted by Crippen LogP contribution is -2.33. The monoisotopic (exact) mass is 411 g/mol. The highest BCUT2D eigenvalue weighted by Gasteiger charge is 2.42. The highest BCUT2D eigenvalue weighted by Crippen LogP contribution is 2.50. The standard InChI is InChI=1S/C27H29N3O/c1-5-17-8-12-19(13-9-17)25-24-22(18-10-6-16(2)7-11-18)23-20(28-26(24)30-29-25)14-27(3,4)15-21(23)31/h6-13,22H,5,14-15H2,1-4H3,(H2,28,29,30)/t22-/m0/s1. The molecule has 0 saturated heterocycles. The first-order valence-electron chi connectivity index (χ1n) is 11.1. The molecule has 2 aliphatic rings. The van der Waals surface area contributed by atoms with Crippen LogP contribution in [-0.2, 0) is 11.2 Å². The van der Waals surface area contributed by atoms with Crippen LogP contribution in [0.5, 0.6) is 0 Å². The number of fused-ring (bicyclic) bond motifs is 1. The van der Waals surface area contributed by atoms with E-state index < -0.39 is 0 Å². The molecule has 1 aliphatic carbocycles. The topological polar surface area (TPSA) is 57.8 Å². The van der Waals surface area contributed by atoms with Crippen molar-refractivity contribution in [2.75, 3.05) is 5.32 Å². The molecule has 5 rings (SSSR count). The van der Waals surface area contributed by atoms with E-state index in [1.807, 2.05) is 0 Å². The fourth-order valence-electron chi connectivity index (χ4n) is 5.01. The summed E-state index contributed by atoms with van der Waals surface area (Å²) < 4.78 is 0. The van der Waals surface area contributed by atoms with E-state index in [9.17, 15) is 4.79 Å². The van der Waals surface area contributed by atoms with E-state index in [0.717, 1.165) is 52.3 Å². The summed E-state index contributed by atoms with van der Waals surface area (Å²) in [4.78, 5) is 13.4. The number of carbonyl (C=O) groups excluding carboxylic acids is 1. The number of rotatable bonds is 3. The van der Waals surface area contributed by atoms with Crippen LogP contribution in [0.3, 0.4) is 0 Å². The molecule has 158 valence electrons. The number of hydrogen-bond acceptors (Lipinski definition) is 3. The molecular weight excluding hydrogens is 382 g/mol. The molecule has 0 spiro atoms. The Morgan fingerprint density at radius 2 is 1.74 bits per heavy atom. The summed E-state index contributed by atoms with van der Waals surface area (Å²) in [7, 11) is 0. The first kappa shape index (κ1) is 19.8. The fraction of sp³-hybridized carbons (Fsp3) is 0.333. The lowest BCUT2D eigenvalue weighted by Gasteiger charge is -2.38. The Morgan fingerprint density at radius 3 is 2.42 bits per heavy atom. The second-order valence-corrected chi connectivity index (χ2v) is 9.71. The molecule has 0 radical (unpaired) electrons. The van der Waals surface area contributed by atoms with Crippen molar-refractivity contribution >= 4 is 11.6 Å². The predicted molar refractivity (Wildman–Crippen MR) is 125 cm³/mol. The van der Waals surface area contributed by atoms with Crippen molar-refractivity contribution in [3.8, 4) is 11.3 Å². The summed E-state index contributed by atoms with van der Waals surface area (Å²) in [5.74, 6) is 0.961. The van der Waals surface area contributed by atoms with Crippen molar-refractivity contribution in [3.05, 3.63) is 82.1 Å². The summed E-state index contributed by atoms with van der Waals surface area (Å²) in [5, 5.41) is 11.5. The second-order valence-electron chi connectivity index (χ2n) is 9.71. The molecule has 4 heteroatoms. The number of carbonyl (C=O) groups is 1. The van der Waals surface area contributed by atoms with Gasteiger partial charge >= 0.3 is 0 Å². The molecular formula is C27H29N3O. The minimum atomic E-state index is -0.116. The molecule has 31 heavy (non-hydrogen) atoms. The lowest BCUT2D eigenvalue weighted by molar-refractivity contribution is -0.118. The maximum absolute atomic E-state index is 13.4. The van der Waals surface area contributed by atoms with Crippen molar-refractivity contribution in [2.45, 2.75) is 52.9 Å². The Labute approximate surface area is 183 Å². The van der Waals surface area contributed by atoms with Gasteiger partial charge < -0.3 is 5.32 Å². The molecule has 3 aromatic rings. The average molecular weight is 412 g/mol. The molecule has 2 heterocycles. The Hall–Kier alpha value is -3.14. The predicted octanol–water partition coefficient (Wildman–Crippen LogP) is 6.15. The molecule has 0 fully saturated rings. The van der Waals surface area contributed by atoms with Gasteiger partial charge in [-0.05, 0) is 41.9 Å². The van der Waals surface area contributed by atoms with Gasteiger partial charge in [-0.2, -0.15) is 5.10 Å². The van der Waals surface area contributed by atoms with E-state index in [1.165, 1.54) is 11.1 Å². The molecule has 2 aromatic carbocycles. The summed E-state index contributed by atoms with van der Waals surface area (Å²) >= 11 is 0. The van der Waals surface area contributed by atoms with E-state index >= 15 is 0 Å². The van der Waals surface area contributed by atoms with Crippen molar-refractivity contribution in [1.82, 2.24) is 10.2 Å². The minimum absolute atomic E-state index is 0.0482. The number of allylic oxidation sites excluding steroid dienone is 2. The number of benzene rings is 2. The SMILES string of the molecule is CCc1ccc(-c2[nH]nc3c2[C@@H](c2ccc(C)cc2)C2=C(CC(C)(C)CC2=O)N3)cc1. The van der Waals surface area contributed by atoms with Crippen LogP contribution in [0.4, 0.5) is 5.82 Å². The maximum atomic E-state index is 13.4. The molecule has 0 amide bonds. The zero-order chi connectivity index (χ0) is 21.8. The van der Waals surface area contributed by atoms with E-state index in [0.29, 0.717) is 6.42 Å². The molecule has 4 nitrogen and oxygen atoms in total. The van der Waals surface area contributed by atoms with Crippen LogP contribution in [0.25, 0.3) is 11.3 Å². The van der Waals surface area contributed by atoms with Gasteiger partial charge in [-0.3, -0.25) is 9.89 Å². The van der Waals surface area contributed by atoms with Gasteiger partial charge in [0.05, 0.1) is 5.69 Å². The minimum Gasteiger partial charge on any atom is -0.342 e. The molecule has 0 unspecified atom stereocenters. The number of aromatic amines is 1. The van der Waals surface area contributed by atoms with Crippen LogP contribution in [0.1, 0.15) is 61.8 Å². The third-order valence-corrected chi connectivity index (χ3v) is 6.63. The van der Waals surface area contributed by atoms with Gasteiger partial charge in [0.25, 0.3) is 0 Å². The average Bonchev–Trinajstić information content (AvgIpc) is 3.15. The smallest absolute Gasteiger partial charge is 0.162 e. The van der Waals surface area contributed by atoms with Crippen LogP contribution >= 0.6 is 0 Å². The van der Waals surface area contributed by atoms with E-state index in [-0.39, 0.29) is 17.1 Å². The Bertz CT molecular complexity index is 1180. The number of Topliss-reactive ketones (excluding diaryl/α,β-unsaturated/α-hetero) is 1. The van der Waals surface area contributed by atoms with Crippen molar-refractivity contribution in [3.63, 3.8) is 0 Å². The van der Waals surface area contributed by atoms with Gasteiger partial charge in [0.2, 0.25) is 0 Å². The first-order chi connectivity index (χ1) is 14.9. The highest BCUT2D eigenvalue weighted by atomic mass is 16.1. The largest absolute Gasteiger partial charge is 0.342 e.